The Morgan fingerprint density at radius 3 is 2.31 bits per heavy atom. The van der Waals surface area contributed by atoms with Gasteiger partial charge in [-0.3, -0.25) is 0 Å². The van der Waals surface area contributed by atoms with E-state index < -0.39 is 0 Å². The van der Waals surface area contributed by atoms with E-state index in [9.17, 15) is 5.11 Å². The van der Waals surface area contributed by atoms with Gasteiger partial charge in [0.05, 0.1) is 29.5 Å². The molecular formula is C19H21Cl2NO4. The zero-order chi connectivity index (χ0) is 18.8. The molecule has 140 valence electrons. The van der Waals surface area contributed by atoms with Crippen LogP contribution in [0.5, 0.6) is 17.2 Å². The topological polar surface area (TPSA) is 60.3 Å². The molecular weight excluding hydrogens is 377 g/mol. The second-order valence-electron chi connectivity index (χ2n) is 5.43. The first-order valence-corrected chi connectivity index (χ1v) is 9.04. The van der Waals surface area contributed by atoms with Crippen molar-refractivity contribution in [3.63, 3.8) is 0 Å². The summed E-state index contributed by atoms with van der Waals surface area (Å²) in [6, 6.07) is 10.3. The third-order valence-corrected chi connectivity index (χ3v) is 3.80. The van der Waals surface area contributed by atoms with Gasteiger partial charge in [-0.05, 0) is 36.2 Å². The number of rotatable bonds is 10. The number of oxime groups is 1. The molecule has 0 saturated heterocycles. The number of ether oxygens (including phenoxy) is 2. The molecule has 2 aromatic rings. The second kappa shape index (κ2) is 10.8. The average molecular weight is 398 g/mol. The minimum absolute atomic E-state index is 0.00102. The Labute approximate surface area is 163 Å². The van der Waals surface area contributed by atoms with Crippen LogP contribution in [0.1, 0.15) is 25.3 Å². The molecule has 0 aliphatic carbocycles. The van der Waals surface area contributed by atoms with Crippen molar-refractivity contribution in [2.45, 2.75) is 19.8 Å². The fourth-order valence-corrected chi connectivity index (χ4v) is 2.58. The maximum absolute atomic E-state index is 9.39. The van der Waals surface area contributed by atoms with E-state index >= 15 is 0 Å². The zero-order valence-corrected chi connectivity index (χ0v) is 16.0. The Kier molecular flexibility index (Phi) is 8.38. The second-order valence-corrected chi connectivity index (χ2v) is 6.24. The van der Waals surface area contributed by atoms with Gasteiger partial charge < -0.3 is 19.4 Å². The molecule has 0 aliphatic heterocycles. The van der Waals surface area contributed by atoms with E-state index in [0.29, 0.717) is 32.0 Å². The molecule has 1 N–H and O–H groups in total. The summed E-state index contributed by atoms with van der Waals surface area (Å²) in [6.07, 6.45) is 3.25. The van der Waals surface area contributed by atoms with Crippen molar-refractivity contribution in [3.05, 3.63) is 52.0 Å². The Hall–Kier alpha value is -2.11. The molecule has 0 spiro atoms. The summed E-state index contributed by atoms with van der Waals surface area (Å²) >= 11 is 12.0. The lowest BCUT2D eigenvalue weighted by atomic mass is 10.2. The van der Waals surface area contributed by atoms with Crippen LogP contribution in [-0.4, -0.2) is 31.1 Å². The largest absolute Gasteiger partial charge is 0.508 e. The van der Waals surface area contributed by atoms with Gasteiger partial charge >= 0.3 is 0 Å². The molecule has 0 bridgehead atoms. The summed E-state index contributed by atoms with van der Waals surface area (Å²) in [5.74, 6) is 1.12. The first-order valence-electron chi connectivity index (χ1n) is 8.29. The van der Waals surface area contributed by atoms with Crippen molar-refractivity contribution in [1.29, 1.82) is 0 Å². The Morgan fingerprint density at radius 2 is 1.65 bits per heavy atom. The molecule has 5 nitrogen and oxygen atoms in total. The number of nitrogens with zero attached hydrogens (tertiary/aromatic N) is 1. The number of hydrogen-bond donors (Lipinski definition) is 1. The first kappa shape index (κ1) is 20.2. The molecule has 0 radical (unpaired) electrons. The van der Waals surface area contributed by atoms with Crippen LogP contribution in [0.2, 0.25) is 10.0 Å². The number of aromatic hydroxyl groups is 1. The Morgan fingerprint density at radius 1 is 1.00 bits per heavy atom. The van der Waals surface area contributed by atoms with Gasteiger partial charge in [0.1, 0.15) is 18.1 Å². The average Bonchev–Trinajstić information content (AvgIpc) is 2.61. The van der Waals surface area contributed by atoms with Crippen molar-refractivity contribution >= 4 is 29.4 Å². The zero-order valence-electron chi connectivity index (χ0n) is 14.5. The molecule has 2 rings (SSSR count). The molecule has 0 atom stereocenters. The van der Waals surface area contributed by atoms with E-state index in [2.05, 4.69) is 5.16 Å². The van der Waals surface area contributed by atoms with Crippen LogP contribution in [0, 0.1) is 0 Å². The summed E-state index contributed by atoms with van der Waals surface area (Å²) < 4.78 is 11.2. The molecule has 0 aliphatic rings. The van der Waals surface area contributed by atoms with E-state index in [0.717, 1.165) is 17.7 Å². The van der Waals surface area contributed by atoms with Gasteiger partial charge in [-0.1, -0.05) is 35.3 Å². The monoisotopic (exact) mass is 397 g/mol. The van der Waals surface area contributed by atoms with Gasteiger partial charge in [0.25, 0.3) is 0 Å². The third-order valence-electron chi connectivity index (χ3n) is 3.24. The molecule has 0 heterocycles. The summed E-state index contributed by atoms with van der Waals surface area (Å²) in [4.78, 5) is 5.06. The SMILES string of the molecule is CCCO/N=C/c1ccc(OCCCOc2c(Cl)cc(O)cc2Cl)cc1. The lowest BCUT2D eigenvalue weighted by molar-refractivity contribution is 0.146. The van der Waals surface area contributed by atoms with Gasteiger partial charge in [0, 0.05) is 18.6 Å². The molecule has 0 fully saturated rings. The lowest BCUT2D eigenvalue weighted by Crippen LogP contribution is -2.05. The number of phenols is 1. The van der Waals surface area contributed by atoms with Crippen LogP contribution in [0.15, 0.2) is 41.6 Å². The van der Waals surface area contributed by atoms with Gasteiger partial charge in [0.2, 0.25) is 0 Å². The van der Waals surface area contributed by atoms with Crippen molar-refractivity contribution < 1.29 is 19.4 Å². The number of phenolic OH excluding ortho intramolecular Hbond substituents is 1. The minimum Gasteiger partial charge on any atom is -0.508 e. The van der Waals surface area contributed by atoms with Gasteiger partial charge in [-0.15, -0.1) is 0 Å². The summed E-state index contributed by atoms with van der Waals surface area (Å²) in [5, 5.41) is 13.8. The van der Waals surface area contributed by atoms with Crippen LogP contribution < -0.4 is 9.47 Å². The molecule has 7 heteroatoms. The molecule has 0 saturated carbocycles. The van der Waals surface area contributed by atoms with Crippen molar-refractivity contribution in [2.24, 2.45) is 5.16 Å². The van der Waals surface area contributed by atoms with Gasteiger partial charge in [0.15, 0.2) is 5.75 Å². The maximum Gasteiger partial charge on any atom is 0.156 e. The van der Waals surface area contributed by atoms with Gasteiger partial charge in [-0.25, -0.2) is 0 Å². The first-order chi connectivity index (χ1) is 12.6. The number of benzene rings is 2. The smallest absolute Gasteiger partial charge is 0.156 e. The fraction of sp³-hybridized carbons (Fsp3) is 0.316. The van der Waals surface area contributed by atoms with Crippen molar-refractivity contribution in [1.82, 2.24) is 0 Å². The highest BCUT2D eigenvalue weighted by molar-refractivity contribution is 6.37. The fourth-order valence-electron chi connectivity index (χ4n) is 2.00. The molecule has 2 aromatic carbocycles. The van der Waals surface area contributed by atoms with Crippen LogP contribution >= 0.6 is 23.2 Å². The number of halogens is 2. The normalized spacial score (nSPS) is 10.9. The standard InChI is InChI=1S/C19H21Cl2NO4/c1-2-8-26-22-13-14-4-6-16(7-5-14)24-9-3-10-25-19-17(20)11-15(23)12-18(19)21/h4-7,11-13,23H,2-3,8-10H2,1H3/b22-13+. The molecule has 0 unspecified atom stereocenters. The van der Waals surface area contributed by atoms with Crippen molar-refractivity contribution in [3.8, 4) is 17.2 Å². The highest BCUT2D eigenvalue weighted by atomic mass is 35.5. The van der Waals surface area contributed by atoms with Gasteiger partial charge in [-0.2, -0.15) is 0 Å². The van der Waals surface area contributed by atoms with Crippen LogP contribution in [0.4, 0.5) is 0 Å². The highest BCUT2D eigenvalue weighted by Gasteiger charge is 2.09. The van der Waals surface area contributed by atoms with Crippen LogP contribution in [0.3, 0.4) is 0 Å². The number of hydrogen-bond acceptors (Lipinski definition) is 5. The quantitative estimate of drug-likeness (QED) is 0.335. The maximum atomic E-state index is 9.39. The Balaban J connectivity index is 1.71. The van der Waals surface area contributed by atoms with E-state index in [4.69, 9.17) is 37.5 Å². The Bertz CT molecular complexity index is 697. The summed E-state index contributed by atoms with van der Waals surface area (Å²) in [7, 11) is 0. The van der Waals surface area contributed by atoms with E-state index in [1.807, 2.05) is 31.2 Å². The molecule has 26 heavy (non-hydrogen) atoms. The third kappa shape index (κ3) is 6.65. The van der Waals surface area contributed by atoms with E-state index in [-0.39, 0.29) is 15.8 Å². The predicted octanol–water partition coefficient (Wildman–Crippen LogP) is 5.31. The van der Waals surface area contributed by atoms with Crippen LogP contribution in [0.25, 0.3) is 0 Å². The van der Waals surface area contributed by atoms with E-state index in [1.54, 1.807) is 6.21 Å². The summed E-state index contributed by atoms with van der Waals surface area (Å²) in [6.45, 7) is 3.52. The predicted molar refractivity (Wildman–Crippen MR) is 104 cm³/mol. The van der Waals surface area contributed by atoms with Crippen molar-refractivity contribution in [2.75, 3.05) is 19.8 Å². The minimum atomic E-state index is 0.00102. The molecule has 0 amide bonds. The summed E-state index contributed by atoms with van der Waals surface area (Å²) in [5.41, 5.74) is 0.938. The van der Waals surface area contributed by atoms with E-state index in [1.165, 1.54) is 12.1 Å². The molecule has 0 aromatic heterocycles. The lowest BCUT2D eigenvalue weighted by Gasteiger charge is -2.11. The highest BCUT2D eigenvalue weighted by Crippen LogP contribution is 2.36. The van der Waals surface area contributed by atoms with Crippen LogP contribution in [-0.2, 0) is 4.84 Å².